The van der Waals surface area contributed by atoms with Gasteiger partial charge < -0.3 is 15.4 Å². The SMILES string of the molecule is CCCOc1ncnc(N2CCCC2C2CCCC2)c1N. The smallest absolute Gasteiger partial charge is 0.242 e. The summed E-state index contributed by atoms with van der Waals surface area (Å²) in [6.45, 7) is 3.77. The molecule has 5 heteroatoms. The van der Waals surface area contributed by atoms with Crippen LogP contribution in [0.3, 0.4) is 0 Å². The zero-order valence-electron chi connectivity index (χ0n) is 12.9. The summed E-state index contributed by atoms with van der Waals surface area (Å²) in [6.07, 6.45) is 10.5. The van der Waals surface area contributed by atoms with E-state index in [0.29, 0.717) is 24.2 Å². The minimum Gasteiger partial charge on any atom is -0.476 e. The molecule has 2 aliphatic rings. The van der Waals surface area contributed by atoms with Crippen molar-refractivity contribution in [2.45, 2.75) is 57.9 Å². The first kappa shape index (κ1) is 14.4. The second-order valence-electron chi connectivity index (χ2n) is 6.21. The van der Waals surface area contributed by atoms with Gasteiger partial charge in [-0.15, -0.1) is 0 Å². The second-order valence-corrected chi connectivity index (χ2v) is 6.21. The lowest BCUT2D eigenvalue weighted by Crippen LogP contribution is -2.35. The van der Waals surface area contributed by atoms with Crippen LogP contribution >= 0.6 is 0 Å². The first-order valence-corrected chi connectivity index (χ1v) is 8.31. The maximum atomic E-state index is 6.27. The normalized spacial score (nSPS) is 22.9. The number of ether oxygens (including phenoxy) is 1. The summed E-state index contributed by atoms with van der Waals surface area (Å²) in [4.78, 5) is 11.1. The van der Waals surface area contributed by atoms with Gasteiger partial charge in [-0.25, -0.2) is 4.98 Å². The summed E-state index contributed by atoms with van der Waals surface area (Å²) in [5.74, 6) is 2.23. The Morgan fingerprint density at radius 2 is 2.05 bits per heavy atom. The topological polar surface area (TPSA) is 64.3 Å². The molecular formula is C16H26N4O. The quantitative estimate of drug-likeness (QED) is 0.903. The first-order chi connectivity index (χ1) is 10.3. The van der Waals surface area contributed by atoms with E-state index >= 15 is 0 Å². The highest BCUT2D eigenvalue weighted by Gasteiger charge is 2.35. The number of aromatic nitrogens is 2. The minimum absolute atomic E-state index is 0.541. The third kappa shape index (κ3) is 2.92. The molecule has 0 aromatic carbocycles. The Morgan fingerprint density at radius 3 is 2.81 bits per heavy atom. The molecule has 2 heterocycles. The molecule has 2 N–H and O–H groups in total. The summed E-state index contributed by atoms with van der Waals surface area (Å²) in [5, 5.41) is 0. The van der Waals surface area contributed by atoms with Crippen LogP contribution in [0.4, 0.5) is 11.5 Å². The fraction of sp³-hybridized carbons (Fsp3) is 0.750. The average Bonchev–Trinajstić information content (AvgIpc) is 3.16. The highest BCUT2D eigenvalue weighted by molar-refractivity contribution is 5.68. The Bertz CT molecular complexity index is 473. The first-order valence-electron chi connectivity index (χ1n) is 8.31. The lowest BCUT2D eigenvalue weighted by Gasteiger charge is -2.31. The van der Waals surface area contributed by atoms with Gasteiger partial charge in [-0.05, 0) is 38.0 Å². The number of rotatable bonds is 5. The van der Waals surface area contributed by atoms with Gasteiger partial charge in [-0.3, -0.25) is 0 Å². The molecule has 0 amide bonds. The van der Waals surface area contributed by atoms with Gasteiger partial charge in [0.05, 0.1) is 6.61 Å². The summed E-state index contributed by atoms with van der Waals surface area (Å²) >= 11 is 0. The molecule has 1 saturated heterocycles. The van der Waals surface area contributed by atoms with Crippen LogP contribution in [0.25, 0.3) is 0 Å². The minimum atomic E-state index is 0.541. The zero-order chi connectivity index (χ0) is 14.7. The van der Waals surface area contributed by atoms with Crippen molar-refractivity contribution in [1.29, 1.82) is 0 Å². The van der Waals surface area contributed by atoms with E-state index < -0.39 is 0 Å². The molecule has 116 valence electrons. The highest BCUT2D eigenvalue weighted by Crippen LogP contribution is 2.39. The van der Waals surface area contributed by atoms with Crippen molar-refractivity contribution in [3.05, 3.63) is 6.33 Å². The largest absolute Gasteiger partial charge is 0.476 e. The van der Waals surface area contributed by atoms with Gasteiger partial charge in [-0.1, -0.05) is 19.8 Å². The van der Waals surface area contributed by atoms with E-state index in [-0.39, 0.29) is 0 Å². The van der Waals surface area contributed by atoms with Gasteiger partial charge in [0.1, 0.15) is 12.0 Å². The van der Waals surface area contributed by atoms with Gasteiger partial charge in [0.25, 0.3) is 0 Å². The molecule has 1 aliphatic carbocycles. The molecule has 0 spiro atoms. The Morgan fingerprint density at radius 1 is 1.24 bits per heavy atom. The molecule has 0 bridgehead atoms. The molecule has 1 aromatic heterocycles. The number of nitrogens with zero attached hydrogens (tertiary/aromatic N) is 3. The number of nitrogens with two attached hydrogens (primary N) is 1. The van der Waals surface area contributed by atoms with Crippen LogP contribution < -0.4 is 15.4 Å². The standard InChI is InChI=1S/C16H26N4O/c1-2-10-21-16-14(17)15(18-11-19-16)20-9-5-8-13(20)12-6-3-4-7-12/h11-13H,2-10,17H2,1H3. The predicted molar refractivity (Wildman–Crippen MR) is 84.6 cm³/mol. The van der Waals surface area contributed by atoms with Crippen molar-refractivity contribution >= 4 is 11.5 Å². The van der Waals surface area contributed by atoms with E-state index in [1.165, 1.54) is 38.5 Å². The van der Waals surface area contributed by atoms with Crippen molar-refractivity contribution in [3.8, 4) is 5.88 Å². The molecule has 1 atom stereocenters. The van der Waals surface area contributed by atoms with Crippen LogP contribution in [-0.2, 0) is 0 Å². The lowest BCUT2D eigenvalue weighted by molar-refractivity contribution is 0.306. The predicted octanol–water partition coefficient (Wildman–Crippen LogP) is 3.01. The van der Waals surface area contributed by atoms with Crippen molar-refractivity contribution in [1.82, 2.24) is 9.97 Å². The lowest BCUT2D eigenvalue weighted by atomic mass is 9.96. The molecular weight excluding hydrogens is 264 g/mol. The summed E-state index contributed by atoms with van der Waals surface area (Å²) < 4.78 is 5.64. The van der Waals surface area contributed by atoms with Crippen LogP contribution in [0.1, 0.15) is 51.9 Å². The summed E-state index contributed by atoms with van der Waals surface area (Å²) in [5.41, 5.74) is 6.88. The molecule has 21 heavy (non-hydrogen) atoms. The molecule has 1 saturated carbocycles. The molecule has 1 aromatic rings. The van der Waals surface area contributed by atoms with Gasteiger partial charge in [0.2, 0.25) is 5.88 Å². The van der Waals surface area contributed by atoms with Crippen LogP contribution in [0.5, 0.6) is 5.88 Å². The monoisotopic (exact) mass is 290 g/mol. The highest BCUT2D eigenvalue weighted by atomic mass is 16.5. The van der Waals surface area contributed by atoms with E-state index in [1.54, 1.807) is 6.33 Å². The van der Waals surface area contributed by atoms with Crippen LogP contribution in [0.2, 0.25) is 0 Å². The van der Waals surface area contributed by atoms with Crippen LogP contribution in [-0.4, -0.2) is 29.2 Å². The molecule has 1 unspecified atom stereocenters. The van der Waals surface area contributed by atoms with Crippen molar-refractivity contribution in [3.63, 3.8) is 0 Å². The fourth-order valence-corrected chi connectivity index (χ4v) is 3.80. The maximum Gasteiger partial charge on any atom is 0.242 e. The fourth-order valence-electron chi connectivity index (χ4n) is 3.80. The van der Waals surface area contributed by atoms with Crippen LogP contribution in [0, 0.1) is 5.92 Å². The van der Waals surface area contributed by atoms with Crippen molar-refractivity contribution in [2.24, 2.45) is 5.92 Å². The number of nitrogen functional groups attached to an aromatic ring is 1. The second kappa shape index (κ2) is 6.50. The number of anilines is 2. The Kier molecular flexibility index (Phi) is 4.46. The van der Waals surface area contributed by atoms with E-state index in [0.717, 1.165) is 24.7 Å². The van der Waals surface area contributed by atoms with Gasteiger partial charge in [-0.2, -0.15) is 4.98 Å². The number of hydrogen-bond donors (Lipinski definition) is 1. The van der Waals surface area contributed by atoms with Gasteiger partial charge in [0, 0.05) is 12.6 Å². The van der Waals surface area contributed by atoms with Gasteiger partial charge in [0.15, 0.2) is 5.82 Å². The average molecular weight is 290 g/mol. The molecule has 3 rings (SSSR count). The molecule has 1 aliphatic heterocycles. The third-order valence-electron chi connectivity index (χ3n) is 4.78. The Labute approximate surface area is 126 Å². The molecule has 0 radical (unpaired) electrons. The van der Waals surface area contributed by atoms with E-state index in [2.05, 4.69) is 21.8 Å². The summed E-state index contributed by atoms with van der Waals surface area (Å²) in [7, 11) is 0. The van der Waals surface area contributed by atoms with E-state index in [1.807, 2.05) is 0 Å². The van der Waals surface area contributed by atoms with E-state index in [9.17, 15) is 0 Å². The van der Waals surface area contributed by atoms with Gasteiger partial charge >= 0.3 is 0 Å². The Hall–Kier alpha value is -1.52. The maximum absolute atomic E-state index is 6.27. The Balaban J connectivity index is 1.81. The van der Waals surface area contributed by atoms with E-state index in [4.69, 9.17) is 10.5 Å². The zero-order valence-corrected chi connectivity index (χ0v) is 12.9. The van der Waals surface area contributed by atoms with Crippen molar-refractivity contribution in [2.75, 3.05) is 23.8 Å². The molecule has 5 nitrogen and oxygen atoms in total. The molecule has 2 fully saturated rings. The number of hydrogen-bond acceptors (Lipinski definition) is 5. The summed E-state index contributed by atoms with van der Waals surface area (Å²) in [6, 6.07) is 0.601. The third-order valence-corrected chi connectivity index (χ3v) is 4.78. The van der Waals surface area contributed by atoms with Crippen LogP contribution in [0.15, 0.2) is 6.33 Å². The van der Waals surface area contributed by atoms with Crippen molar-refractivity contribution < 1.29 is 4.74 Å².